The molecular weight excluding hydrogens is 512 g/mol. The van der Waals surface area contributed by atoms with Crippen molar-refractivity contribution in [3.05, 3.63) is 46.4 Å². The lowest BCUT2D eigenvalue weighted by Gasteiger charge is -2.23. The molecule has 0 aromatic heterocycles. The fraction of sp³-hybridized carbons (Fsp3) is 0.370. The third-order valence-corrected chi connectivity index (χ3v) is 7.39. The number of benzene rings is 3. The zero-order valence-corrected chi connectivity index (χ0v) is 23.1. The van der Waals surface area contributed by atoms with Gasteiger partial charge in [-0.3, -0.25) is 15.5 Å². The third kappa shape index (κ3) is 5.58. The van der Waals surface area contributed by atoms with Crippen LogP contribution in [0, 0.1) is 4.91 Å². The van der Waals surface area contributed by atoms with Gasteiger partial charge in [0.25, 0.3) is 0 Å². The second kappa shape index (κ2) is 13.2. The molecule has 0 aliphatic carbocycles. The third-order valence-electron chi connectivity index (χ3n) is 6.16. The molecular formula is C27H32N2O8S. The molecule has 1 atom stereocenters. The van der Waals surface area contributed by atoms with Crippen LogP contribution in [-0.2, 0) is 0 Å². The number of unbranched alkanes of at least 4 members (excludes halogenated alkanes) is 1. The van der Waals surface area contributed by atoms with E-state index in [0.29, 0.717) is 62.8 Å². The Morgan fingerprint density at radius 3 is 2.05 bits per heavy atom. The van der Waals surface area contributed by atoms with Gasteiger partial charge in [-0.15, -0.1) is 4.91 Å². The predicted octanol–water partition coefficient (Wildman–Crippen LogP) is 6.89. The lowest BCUT2D eigenvalue weighted by atomic mass is 9.97. The van der Waals surface area contributed by atoms with Crippen molar-refractivity contribution in [2.24, 2.45) is 5.18 Å². The second-order valence-electron chi connectivity index (χ2n) is 8.24. The van der Waals surface area contributed by atoms with Gasteiger partial charge in [-0.25, -0.2) is 0 Å². The Kier molecular flexibility index (Phi) is 10.0. The summed E-state index contributed by atoms with van der Waals surface area (Å²) in [6, 6.07) is 8.00. The Morgan fingerprint density at radius 1 is 0.921 bits per heavy atom. The van der Waals surface area contributed by atoms with Crippen LogP contribution in [-0.4, -0.2) is 45.9 Å². The quantitative estimate of drug-likeness (QED) is 0.174. The molecule has 0 amide bonds. The molecule has 204 valence electrons. The van der Waals surface area contributed by atoms with E-state index >= 15 is 0 Å². The molecule has 0 saturated heterocycles. The zero-order valence-electron chi connectivity index (χ0n) is 22.2. The minimum absolute atomic E-state index is 0.117. The van der Waals surface area contributed by atoms with Gasteiger partial charge >= 0.3 is 0 Å². The van der Waals surface area contributed by atoms with Crippen molar-refractivity contribution in [3.8, 4) is 28.7 Å². The van der Waals surface area contributed by atoms with Gasteiger partial charge in [0, 0.05) is 16.4 Å². The topological polar surface area (TPSA) is 125 Å². The molecule has 0 aliphatic heterocycles. The smallest absolute Gasteiger partial charge is 0.220 e. The Morgan fingerprint density at radius 2 is 1.55 bits per heavy atom. The first-order chi connectivity index (χ1) is 18.4. The van der Waals surface area contributed by atoms with E-state index in [1.54, 1.807) is 18.2 Å². The van der Waals surface area contributed by atoms with Crippen LogP contribution in [0.5, 0.6) is 28.7 Å². The maximum Gasteiger partial charge on any atom is 0.220 e. The molecule has 3 aromatic rings. The van der Waals surface area contributed by atoms with Gasteiger partial charge in [-0.05, 0) is 41.9 Å². The summed E-state index contributed by atoms with van der Waals surface area (Å²) in [5.74, 6) is 1.90. The molecule has 0 saturated carbocycles. The van der Waals surface area contributed by atoms with Crippen molar-refractivity contribution < 1.29 is 33.7 Å². The molecule has 0 heterocycles. The summed E-state index contributed by atoms with van der Waals surface area (Å²) in [7, 11) is 7.45. The lowest BCUT2D eigenvalue weighted by molar-refractivity contribution is 0.108. The number of nitrogens with one attached hydrogen (secondary N) is 1. The second-order valence-corrected chi connectivity index (χ2v) is 9.41. The average Bonchev–Trinajstić information content (AvgIpc) is 2.96. The normalized spacial score (nSPS) is 11.6. The fourth-order valence-electron chi connectivity index (χ4n) is 4.35. The number of anilines is 1. The Hall–Kier alpha value is -3.70. The van der Waals surface area contributed by atoms with Crippen LogP contribution in [0.25, 0.3) is 10.8 Å². The van der Waals surface area contributed by atoms with Gasteiger partial charge in [-0.1, -0.05) is 31.5 Å². The number of hydrogen-bond donors (Lipinski definition) is 2. The molecule has 1 unspecified atom stereocenters. The standard InChI is InChI=1S/C27H32N2O8S/c1-7-8-9-22(38-27(30)15-12-20(34-3)26(37-6)21(13-15)35-4)16-14-19(33-2)23-17(28-31)10-11-18(29-32)24(23)25(16)36-5/h10-14,22,28,31H,7-9H2,1-6H3. The Labute approximate surface area is 225 Å². The molecule has 3 aromatic carbocycles. The number of ether oxygens (including phenoxy) is 5. The summed E-state index contributed by atoms with van der Waals surface area (Å²) in [5.41, 5.74) is 3.62. The van der Waals surface area contributed by atoms with E-state index in [2.05, 4.69) is 17.6 Å². The van der Waals surface area contributed by atoms with Crippen molar-refractivity contribution in [2.75, 3.05) is 41.0 Å². The first-order valence-corrected chi connectivity index (χ1v) is 12.8. The number of rotatable bonds is 13. The van der Waals surface area contributed by atoms with Crippen LogP contribution in [0.2, 0.25) is 0 Å². The molecule has 10 nitrogen and oxygen atoms in total. The highest BCUT2D eigenvalue weighted by Crippen LogP contribution is 2.51. The van der Waals surface area contributed by atoms with E-state index in [0.717, 1.165) is 24.6 Å². The van der Waals surface area contributed by atoms with Crippen molar-refractivity contribution in [2.45, 2.75) is 31.4 Å². The number of thioether (sulfide) groups is 1. The van der Waals surface area contributed by atoms with Gasteiger partial charge in [0.05, 0.1) is 52.0 Å². The number of nitroso groups, excluding NO2 is 1. The van der Waals surface area contributed by atoms with Gasteiger partial charge < -0.3 is 23.7 Å². The Balaban J connectivity index is 2.20. The zero-order chi connectivity index (χ0) is 27.8. The molecule has 11 heteroatoms. The monoisotopic (exact) mass is 544 g/mol. The summed E-state index contributed by atoms with van der Waals surface area (Å²) in [6.45, 7) is 2.06. The van der Waals surface area contributed by atoms with Crippen LogP contribution in [0.3, 0.4) is 0 Å². The highest BCUT2D eigenvalue weighted by Gasteiger charge is 2.28. The fourth-order valence-corrected chi connectivity index (χ4v) is 5.45. The molecule has 38 heavy (non-hydrogen) atoms. The van der Waals surface area contributed by atoms with E-state index in [1.165, 1.54) is 47.7 Å². The average molecular weight is 545 g/mol. The van der Waals surface area contributed by atoms with Crippen LogP contribution >= 0.6 is 11.8 Å². The van der Waals surface area contributed by atoms with Crippen LogP contribution in [0.15, 0.2) is 35.5 Å². The molecule has 0 fully saturated rings. The maximum atomic E-state index is 13.6. The van der Waals surface area contributed by atoms with E-state index in [1.807, 2.05) is 0 Å². The van der Waals surface area contributed by atoms with Gasteiger partial charge in [0.2, 0.25) is 10.9 Å². The predicted molar refractivity (Wildman–Crippen MR) is 148 cm³/mol. The molecule has 0 aliphatic rings. The summed E-state index contributed by atoms with van der Waals surface area (Å²) in [5, 5.41) is 13.1. The first kappa shape index (κ1) is 28.9. The molecule has 0 bridgehead atoms. The SMILES string of the molecule is CCCCC(SC(=O)c1cc(OC)c(OC)c(OC)c1)c1cc(OC)c2c(NO)ccc(N=O)c2c1OC. The van der Waals surface area contributed by atoms with E-state index in [-0.39, 0.29) is 16.1 Å². The minimum Gasteiger partial charge on any atom is -0.496 e. The molecule has 0 spiro atoms. The van der Waals surface area contributed by atoms with Gasteiger partial charge in [0.1, 0.15) is 17.2 Å². The number of carbonyl (C=O) groups is 1. The van der Waals surface area contributed by atoms with E-state index in [9.17, 15) is 14.9 Å². The van der Waals surface area contributed by atoms with Gasteiger partial charge in [-0.2, -0.15) is 0 Å². The summed E-state index contributed by atoms with van der Waals surface area (Å²) < 4.78 is 27.7. The van der Waals surface area contributed by atoms with E-state index in [4.69, 9.17) is 23.7 Å². The van der Waals surface area contributed by atoms with Crippen molar-refractivity contribution in [1.82, 2.24) is 0 Å². The van der Waals surface area contributed by atoms with Gasteiger partial charge in [0.15, 0.2) is 11.5 Å². The number of methoxy groups -OCH3 is 5. The number of fused-ring (bicyclic) bond motifs is 1. The van der Waals surface area contributed by atoms with Crippen LogP contribution < -0.4 is 29.2 Å². The first-order valence-electron chi connectivity index (χ1n) is 11.9. The molecule has 0 radical (unpaired) electrons. The minimum atomic E-state index is -0.361. The molecule has 3 rings (SSSR count). The van der Waals surface area contributed by atoms with Crippen molar-refractivity contribution in [1.29, 1.82) is 0 Å². The Bertz CT molecular complexity index is 1290. The molecule has 2 N–H and O–H groups in total. The summed E-state index contributed by atoms with van der Waals surface area (Å²) in [4.78, 5) is 25.4. The van der Waals surface area contributed by atoms with Crippen molar-refractivity contribution >= 4 is 39.0 Å². The summed E-state index contributed by atoms with van der Waals surface area (Å²) >= 11 is 1.12. The number of nitrogens with zero attached hydrogens (tertiary/aromatic N) is 1. The van der Waals surface area contributed by atoms with Crippen molar-refractivity contribution in [3.63, 3.8) is 0 Å². The number of hydrogen-bond acceptors (Lipinski definition) is 11. The summed E-state index contributed by atoms with van der Waals surface area (Å²) in [6.07, 6.45) is 2.38. The largest absolute Gasteiger partial charge is 0.496 e. The van der Waals surface area contributed by atoms with Crippen LogP contribution in [0.1, 0.15) is 47.4 Å². The highest BCUT2D eigenvalue weighted by molar-refractivity contribution is 8.14. The lowest BCUT2D eigenvalue weighted by Crippen LogP contribution is -2.06. The maximum absolute atomic E-state index is 13.6. The number of carbonyl (C=O) groups excluding carboxylic acids is 1. The highest BCUT2D eigenvalue weighted by atomic mass is 32.2. The van der Waals surface area contributed by atoms with Crippen LogP contribution in [0.4, 0.5) is 11.4 Å². The van der Waals surface area contributed by atoms with E-state index < -0.39 is 0 Å².